The van der Waals surface area contributed by atoms with Crippen LogP contribution in [0, 0.1) is 6.92 Å². The van der Waals surface area contributed by atoms with Crippen LogP contribution < -0.4 is 0 Å². The molecule has 0 saturated heterocycles. The number of nitrogens with zero attached hydrogens (tertiary/aromatic N) is 3. The molecule has 0 spiro atoms. The average Bonchev–Trinajstić information content (AvgIpc) is 2.44. The molecule has 0 fully saturated rings. The third-order valence-corrected chi connectivity index (χ3v) is 2.46. The van der Waals surface area contributed by atoms with E-state index in [1.807, 2.05) is 7.05 Å². The first kappa shape index (κ1) is 10.0. The van der Waals surface area contributed by atoms with E-state index in [4.69, 9.17) is 5.11 Å². The maximum Gasteiger partial charge on any atom is 0.309 e. The Morgan fingerprint density at radius 2 is 2.20 bits per heavy atom. The molecule has 1 aromatic heterocycles. The van der Waals surface area contributed by atoms with Crippen molar-refractivity contribution in [2.45, 2.75) is 26.4 Å². The predicted molar refractivity (Wildman–Crippen MR) is 53.3 cm³/mol. The molecule has 2 heterocycles. The molecule has 80 valence electrons. The molecule has 2 rings (SSSR count). The lowest BCUT2D eigenvalue weighted by atomic mass is 10.1. The Labute approximate surface area is 87.8 Å². The molecule has 0 unspecified atom stereocenters. The molecule has 0 aromatic carbocycles. The summed E-state index contributed by atoms with van der Waals surface area (Å²) in [5, 5.41) is 8.78. The van der Waals surface area contributed by atoms with Crippen molar-refractivity contribution in [2.24, 2.45) is 0 Å². The number of carbonyl (C=O) groups is 1. The van der Waals surface area contributed by atoms with Gasteiger partial charge >= 0.3 is 5.97 Å². The standard InChI is InChI=1S/C10H13N3O2/c1-6-11-8(3-10(14)15)7-4-13(2)5-9(7)12-6/h3-5H2,1-2H3,(H,14,15). The zero-order valence-electron chi connectivity index (χ0n) is 8.82. The molecule has 1 aromatic rings. The average molecular weight is 207 g/mol. The molecule has 0 atom stereocenters. The van der Waals surface area contributed by atoms with Crippen LogP contribution in [0.25, 0.3) is 0 Å². The minimum absolute atomic E-state index is 0.0144. The second-order valence-electron chi connectivity index (χ2n) is 3.89. The summed E-state index contributed by atoms with van der Waals surface area (Å²) in [5.74, 6) is -0.190. The Balaban J connectivity index is 2.42. The van der Waals surface area contributed by atoms with Crippen LogP contribution in [0.4, 0.5) is 0 Å². The molecule has 0 bridgehead atoms. The van der Waals surface area contributed by atoms with Crippen molar-refractivity contribution >= 4 is 5.97 Å². The Bertz CT molecular complexity index is 417. The van der Waals surface area contributed by atoms with E-state index in [2.05, 4.69) is 14.9 Å². The van der Waals surface area contributed by atoms with Gasteiger partial charge in [-0.15, -0.1) is 0 Å². The first-order chi connectivity index (χ1) is 7.06. The van der Waals surface area contributed by atoms with Crippen LogP contribution in [0.15, 0.2) is 0 Å². The third kappa shape index (κ3) is 1.97. The number of aromatic nitrogens is 2. The zero-order chi connectivity index (χ0) is 11.0. The number of carboxylic acids is 1. The fourth-order valence-electron chi connectivity index (χ4n) is 1.90. The summed E-state index contributed by atoms with van der Waals surface area (Å²) >= 11 is 0. The van der Waals surface area contributed by atoms with Crippen molar-refractivity contribution in [3.8, 4) is 0 Å². The van der Waals surface area contributed by atoms with Gasteiger partial charge in [-0.2, -0.15) is 0 Å². The van der Waals surface area contributed by atoms with Gasteiger partial charge in [-0.1, -0.05) is 0 Å². The summed E-state index contributed by atoms with van der Waals surface area (Å²) in [6, 6.07) is 0. The normalized spacial score (nSPS) is 15.3. The highest BCUT2D eigenvalue weighted by atomic mass is 16.4. The number of aliphatic carboxylic acids is 1. The highest BCUT2D eigenvalue weighted by molar-refractivity contribution is 5.70. The zero-order valence-corrected chi connectivity index (χ0v) is 8.82. The summed E-state index contributed by atoms with van der Waals surface area (Å²) in [6.07, 6.45) is -0.0144. The summed E-state index contributed by atoms with van der Waals surface area (Å²) < 4.78 is 0. The number of aryl methyl sites for hydroxylation is 1. The molecule has 0 aliphatic carbocycles. The Hall–Kier alpha value is -1.49. The van der Waals surface area contributed by atoms with Crippen molar-refractivity contribution in [1.29, 1.82) is 0 Å². The van der Waals surface area contributed by atoms with Crippen LogP contribution in [-0.4, -0.2) is 33.0 Å². The number of hydrogen-bond acceptors (Lipinski definition) is 4. The second kappa shape index (κ2) is 3.58. The lowest BCUT2D eigenvalue weighted by Gasteiger charge is -2.05. The Morgan fingerprint density at radius 1 is 1.47 bits per heavy atom. The van der Waals surface area contributed by atoms with Crippen molar-refractivity contribution in [3.05, 3.63) is 22.8 Å². The van der Waals surface area contributed by atoms with E-state index in [1.54, 1.807) is 6.92 Å². The lowest BCUT2D eigenvalue weighted by molar-refractivity contribution is -0.136. The number of rotatable bonds is 2. The first-order valence-corrected chi connectivity index (χ1v) is 4.82. The smallest absolute Gasteiger partial charge is 0.309 e. The van der Waals surface area contributed by atoms with E-state index < -0.39 is 5.97 Å². The van der Waals surface area contributed by atoms with E-state index in [0.29, 0.717) is 11.5 Å². The van der Waals surface area contributed by atoms with Gasteiger partial charge in [0.1, 0.15) is 5.82 Å². The van der Waals surface area contributed by atoms with Gasteiger partial charge in [0.2, 0.25) is 0 Å². The van der Waals surface area contributed by atoms with Gasteiger partial charge < -0.3 is 5.11 Å². The summed E-state index contributed by atoms with van der Waals surface area (Å²) in [7, 11) is 1.99. The molecule has 5 heteroatoms. The third-order valence-electron chi connectivity index (χ3n) is 2.46. The minimum Gasteiger partial charge on any atom is -0.481 e. The summed E-state index contributed by atoms with van der Waals surface area (Å²) in [6.45, 7) is 3.33. The molecular weight excluding hydrogens is 194 g/mol. The first-order valence-electron chi connectivity index (χ1n) is 4.82. The van der Waals surface area contributed by atoms with Crippen LogP contribution in [0.2, 0.25) is 0 Å². The van der Waals surface area contributed by atoms with E-state index >= 15 is 0 Å². The maximum atomic E-state index is 10.7. The van der Waals surface area contributed by atoms with E-state index in [1.165, 1.54) is 0 Å². The predicted octanol–water partition coefficient (Wildman–Crippen LogP) is 0.358. The van der Waals surface area contributed by atoms with Gasteiger partial charge in [-0.25, -0.2) is 9.97 Å². The SMILES string of the molecule is Cc1nc(CC(=O)O)c2c(n1)CN(C)C2. The minimum atomic E-state index is -0.843. The monoisotopic (exact) mass is 207 g/mol. The van der Waals surface area contributed by atoms with E-state index in [-0.39, 0.29) is 6.42 Å². The quantitative estimate of drug-likeness (QED) is 0.758. The highest BCUT2D eigenvalue weighted by Gasteiger charge is 2.22. The van der Waals surface area contributed by atoms with Gasteiger partial charge in [-0.05, 0) is 14.0 Å². The van der Waals surface area contributed by atoms with E-state index in [0.717, 1.165) is 24.3 Å². The summed E-state index contributed by atoms with van der Waals surface area (Å²) in [5.41, 5.74) is 2.63. The largest absolute Gasteiger partial charge is 0.481 e. The fourth-order valence-corrected chi connectivity index (χ4v) is 1.90. The van der Waals surface area contributed by atoms with Gasteiger partial charge in [0.05, 0.1) is 17.8 Å². The molecule has 5 nitrogen and oxygen atoms in total. The molecule has 1 aliphatic rings. The molecule has 0 amide bonds. The van der Waals surface area contributed by atoms with Crippen molar-refractivity contribution in [3.63, 3.8) is 0 Å². The van der Waals surface area contributed by atoms with Gasteiger partial charge in [0.25, 0.3) is 0 Å². The topological polar surface area (TPSA) is 66.3 Å². The number of carboxylic acid groups (broad SMARTS) is 1. The maximum absolute atomic E-state index is 10.7. The van der Waals surface area contributed by atoms with Gasteiger partial charge in [0, 0.05) is 18.7 Å². The summed E-state index contributed by atoms with van der Waals surface area (Å²) in [4.78, 5) is 21.3. The molecule has 0 radical (unpaired) electrons. The van der Waals surface area contributed by atoms with Crippen LogP contribution in [-0.2, 0) is 24.3 Å². The molecule has 1 N–H and O–H groups in total. The molecule has 0 saturated carbocycles. The van der Waals surface area contributed by atoms with Crippen LogP contribution in [0.5, 0.6) is 0 Å². The molecule has 15 heavy (non-hydrogen) atoms. The van der Waals surface area contributed by atoms with E-state index in [9.17, 15) is 4.79 Å². The van der Waals surface area contributed by atoms with Crippen molar-refractivity contribution in [1.82, 2.24) is 14.9 Å². The molecule has 1 aliphatic heterocycles. The number of hydrogen-bond donors (Lipinski definition) is 1. The van der Waals surface area contributed by atoms with Gasteiger partial charge in [0.15, 0.2) is 0 Å². The van der Waals surface area contributed by atoms with Crippen LogP contribution >= 0.6 is 0 Å². The lowest BCUT2D eigenvalue weighted by Crippen LogP contribution is -2.10. The fraction of sp³-hybridized carbons (Fsp3) is 0.500. The van der Waals surface area contributed by atoms with Crippen molar-refractivity contribution in [2.75, 3.05) is 7.05 Å². The Morgan fingerprint density at radius 3 is 2.87 bits per heavy atom. The van der Waals surface area contributed by atoms with Crippen LogP contribution in [0.1, 0.15) is 22.8 Å². The highest BCUT2D eigenvalue weighted by Crippen LogP contribution is 2.22. The van der Waals surface area contributed by atoms with Gasteiger partial charge in [-0.3, -0.25) is 9.69 Å². The second-order valence-corrected chi connectivity index (χ2v) is 3.89. The Kier molecular flexibility index (Phi) is 2.40. The van der Waals surface area contributed by atoms with Crippen LogP contribution in [0.3, 0.4) is 0 Å². The molecular formula is C10H13N3O2. The van der Waals surface area contributed by atoms with Crippen molar-refractivity contribution < 1.29 is 9.90 Å². The number of fused-ring (bicyclic) bond motifs is 1.